The van der Waals surface area contributed by atoms with Crippen LogP contribution in [-0.4, -0.2) is 9.55 Å². The van der Waals surface area contributed by atoms with Gasteiger partial charge in [-0.2, -0.15) is 13.2 Å². The molecule has 0 radical (unpaired) electrons. The van der Waals surface area contributed by atoms with Crippen molar-refractivity contribution in [3.63, 3.8) is 0 Å². The maximum Gasteiger partial charge on any atom is 0.416 e. The average Bonchev–Trinajstić information content (AvgIpc) is 3.04. The van der Waals surface area contributed by atoms with Crippen LogP contribution >= 0.6 is 0 Å². The van der Waals surface area contributed by atoms with Gasteiger partial charge in [-0.25, -0.2) is 4.98 Å². The summed E-state index contributed by atoms with van der Waals surface area (Å²) in [5, 5.41) is 0. The van der Waals surface area contributed by atoms with Gasteiger partial charge in [0.05, 0.1) is 16.6 Å². The largest absolute Gasteiger partial charge is 0.486 e. The molecule has 1 aromatic heterocycles. The second-order valence-electron chi connectivity index (χ2n) is 6.40. The van der Waals surface area contributed by atoms with E-state index in [0.717, 1.165) is 17.7 Å². The van der Waals surface area contributed by atoms with Crippen LogP contribution < -0.4 is 4.74 Å². The molecular formula is C22H17F3N2O. The van der Waals surface area contributed by atoms with Crippen LogP contribution in [0.5, 0.6) is 5.75 Å². The summed E-state index contributed by atoms with van der Waals surface area (Å²) in [5.74, 6) is 1.25. The molecule has 3 nitrogen and oxygen atoms in total. The fourth-order valence-electron chi connectivity index (χ4n) is 3.07. The molecule has 0 aliphatic heterocycles. The Morgan fingerprint density at radius 2 is 1.54 bits per heavy atom. The van der Waals surface area contributed by atoms with E-state index in [-0.39, 0.29) is 6.61 Å². The number of benzene rings is 3. The highest BCUT2D eigenvalue weighted by molar-refractivity contribution is 5.77. The molecule has 0 saturated heterocycles. The summed E-state index contributed by atoms with van der Waals surface area (Å²) < 4.78 is 46.9. The van der Waals surface area contributed by atoms with Gasteiger partial charge in [0, 0.05) is 6.54 Å². The molecule has 0 amide bonds. The van der Waals surface area contributed by atoms with Crippen LogP contribution in [0.1, 0.15) is 17.0 Å². The SMILES string of the molecule is FC(F)(F)c1ccc2c(c1)nc(COc1ccccc1)n2Cc1ccccc1. The van der Waals surface area contributed by atoms with Crippen LogP contribution in [-0.2, 0) is 19.3 Å². The molecule has 0 fully saturated rings. The zero-order valence-electron chi connectivity index (χ0n) is 14.9. The summed E-state index contributed by atoms with van der Waals surface area (Å²) in [6.07, 6.45) is -4.40. The zero-order chi connectivity index (χ0) is 19.6. The first-order valence-corrected chi connectivity index (χ1v) is 8.79. The lowest BCUT2D eigenvalue weighted by atomic mass is 10.2. The molecule has 0 bridgehead atoms. The van der Waals surface area contributed by atoms with E-state index in [0.29, 0.717) is 29.2 Å². The molecule has 6 heteroatoms. The number of hydrogen-bond acceptors (Lipinski definition) is 2. The second kappa shape index (κ2) is 7.38. The van der Waals surface area contributed by atoms with E-state index in [4.69, 9.17) is 4.74 Å². The van der Waals surface area contributed by atoms with Gasteiger partial charge in [-0.05, 0) is 35.9 Å². The van der Waals surface area contributed by atoms with E-state index >= 15 is 0 Å². The maximum absolute atomic E-state index is 13.1. The van der Waals surface area contributed by atoms with Crippen molar-refractivity contribution in [3.05, 3.63) is 95.8 Å². The van der Waals surface area contributed by atoms with E-state index in [2.05, 4.69) is 4.98 Å². The van der Waals surface area contributed by atoms with E-state index in [1.807, 2.05) is 65.2 Å². The van der Waals surface area contributed by atoms with Crippen molar-refractivity contribution in [2.24, 2.45) is 0 Å². The monoisotopic (exact) mass is 382 g/mol. The summed E-state index contributed by atoms with van der Waals surface area (Å²) in [5.41, 5.74) is 1.27. The van der Waals surface area contributed by atoms with Crippen molar-refractivity contribution in [1.29, 1.82) is 0 Å². The molecule has 0 unspecified atom stereocenters. The van der Waals surface area contributed by atoms with E-state index in [1.165, 1.54) is 6.07 Å². The third-order valence-corrected chi connectivity index (χ3v) is 4.45. The van der Waals surface area contributed by atoms with Gasteiger partial charge in [-0.1, -0.05) is 48.5 Å². The Morgan fingerprint density at radius 3 is 2.21 bits per heavy atom. The average molecular weight is 382 g/mol. The standard InChI is InChI=1S/C22H17F3N2O/c23-22(24,25)17-11-12-20-19(13-17)26-21(15-28-18-9-5-2-6-10-18)27(20)14-16-7-3-1-4-8-16/h1-13H,14-15H2. The van der Waals surface area contributed by atoms with Gasteiger partial charge < -0.3 is 9.30 Å². The number of hydrogen-bond donors (Lipinski definition) is 0. The number of nitrogens with zero attached hydrogens (tertiary/aromatic N) is 2. The van der Waals surface area contributed by atoms with E-state index in [9.17, 15) is 13.2 Å². The summed E-state index contributed by atoms with van der Waals surface area (Å²) in [7, 11) is 0. The minimum atomic E-state index is -4.40. The van der Waals surface area contributed by atoms with E-state index in [1.54, 1.807) is 0 Å². The lowest BCUT2D eigenvalue weighted by molar-refractivity contribution is -0.137. The summed E-state index contributed by atoms with van der Waals surface area (Å²) in [6.45, 7) is 0.656. The highest BCUT2D eigenvalue weighted by Crippen LogP contribution is 2.32. The molecule has 4 rings (SSSR count). The molecular weight excluding hydrogens is 365 g/mol. The quantitative estimate of drug-likeness (QED) is 0.444. The predicted molar refractivity (Wildman–Crippen MR) is 101 cm³/mol. The third kappa shape index (κ3) is 3.86. The first-order chi connectivity index (χ1) is 13.5. The Kier molecular flexibility index (Phi) is 4.77. The number of ether oxygens (including phenoxy) is 1. The minimum Gasteiger partial charge on any atom is -0.486 e. The first-order valence-electron chi connectivity index (χ1n) is 8.79. The van der Waals surface area contributed by atoms with Crippen LogP contribution in [0.2, 0.25) is 0 Å². The van der Waals surface area contributed by atoms with Gasteiger partial charge in [-0.15, -0.1) is 0 Å². The van der Waals surface area contributed by atoms with Crippen LogP contribution in [0, 0.1) is 0 Å². The van der Waals surface area contributed by atoms with Gasteiger partial charge >= 0.3 is 6.18 Å². The number of alkyl halides is 3. The molecule has 0 atom stereocenters. The summed E-state index contributed by atoms with van der Waals surface area (Å²) >= 11 is 0. The molecule has 0 aliphatic rings. The Bertz CT molecular complexity index is 1070. The molecule has 3 aromatic carbocycles. The first kappa shape index (κ1) is 18.1. The van der Waals surface area contributed by atoms with Crippen molar-refractivity contribution < 1.29 is 17.9 Å². The lowest BCUT2D eigenvalue weighted by Crippen LogP contribution is -2.08. The molecule has 28 heavy (non-hydrogen) atoms. The highest BCUT2D eigenvalue weighted by Gasteiger charge is 2.31. The van der Waals surface area contributed by atoms with Crippen molar-refractivity contribution in [2.45, 2.75) is 19.3 Å². The number of halogens is 3. The van der Waals surface area contributed by atoms with Crippen molar-refractivity contribution >= 4 is 11.0 Å². The number of fused-ring (bicyclic) bond motifs is 1. The minimum absolute atomic E-state index is 0.160. The Hall–Kier alpha value is -3.28. The molecule has 0 spiro atoms. The van der Waals surface area contributed by atoms with Gasteiger partial charge in [-0.3, -0.25) is 0 Å². The van der Waals surface area contributed by atoms with Gasteiger partial charge in [0.2, 0.25) is 0 Å². The fourth-order valence-corrected chi connectivity index (χ4v) is 3.07. The maximum atomic E-state index is 13.1. The van der Waals surface area contributed by atoms with Crippen LogP contribution in [0.4, 0.5) is 13.2 Å². The number of para-hydroxylation sites is 1. The van der Waals surface area contributed by atoms with Crippen LogP contribution in [0.3, 0.4) is 0 Å². The summed E-state index contributed by atoms with van der Waals surface area (Å²) in [4.78, 5) is 4.44. The van der Waals surface area contributed by atoms with Crippen molar-refractivity contribution in [2.75, 3.05) is 0 Å². The van der Waals surface area contributed by atoms with Crippen molar-refractivity contribution in [3.8, 4) is 5.75 Å². The smallest absolute Gasteiger partial charge is 0.416 e. The Balaban J connectivity index is 1.73. The van der Waals surface area contributed by atoms with E-state index < -0.39 is 11.7 Å². The fraction of sp³-hybridized carbons (Fsp3) is 0.136. The predicted octanol–water partition coefficient (Wildman–Crippen LogP) is 5.68. The molecule has 0 aliphatic carbocycles. The molecule has 142 valence electrons. The topological polar surface area (TPSA) is 27.1 Å². The van der Waals surface area contributed by atoms with Gasteiger partial charge in [0.1, 0.15) is 18.2 Å². The lowest BCUT2D eigenvalue weighted by Gasteiger charge is -2.11. The third-order valence-electron chi connectivity index (χ3n) is 4.45. The molecule has 0 saturated carbocycles. The van der Waals surface area contributed by atoms with Gasteiger partial charge in [0.25, 0.3) is 0 Å². The number of aromatic nitrogens is 2. The zero-order valence-corrected chi connectivity index (χ0v) is 14.9. The summed E-state index contributed by atoms with van der Waals surface area (Å²) in [6, 6.07) is 22.6. The highest BCUT2D eigenvalue weighted by atomic mass is 19.4. The molecule has 4 aromatic rings. The second-order valence-corrected chi connectivity index (χ2v) is 6.40. The Labute approximate surface area is 160 Å². The molecule has 0 N–H and O–H groups in total. The van der Waals surface area contributed by atoms with Crippen LogP contribution in [0.25, 0.3) is 11.0 Å². The Morgan fingerprint density at radius 1 is 0.857 bits per heavy atom. The molecule has 1 heterocycles. The van der Waals surface area contributed by atoms with Gasteiger partial charge in [0.15, 0.2) is 0 Å². The van der Waals surface area contributed by atoms with Crippen LogP contribution in [0.15, 0.2) is 78.9 Å². The van der Waals surface area contributed by atoms with Crippen molar-refractivity contribution in [1.82, 2.24) is 9.55 Å². The number of imidazole rings is 1. The number of rotatable bonds is 5. The normalized spacial score (nSPS) is 11.7.